The third-order valence-corrected chi connectivity index (χ3v) is 3.84. The van der Waals surface area contributed by atoms with E-state index in [2.05, 4.69) is 18.8 Å². The van der Waals surface area contributed by atoms with Crippen LogP contribution in [0.2, 0.25) is 0 Å². The molecule has 20 heavy (non-hydrogen) atoms. The minimum absolute atomic E-state index is 0.00587. The van der Waals surface area contributed by atoms with Crippen LogP contribution in [0, 0.1) is 30.6 Å². The maximum absolute atomic E-state index is 12.5. The minimum atomic E-state index is -0.197. The molecule has 3 nitrogen and oxygen atoms in total. The van der Waals surface area contributed by atoms with Gasteiger partial charge >= 0.3 is 0 Å². The smallest absolute Gasteiger partial charge is 0.254 e. The topological polar surface area (TPSA) is 40.5 Å². The molecule has 1 aliphatic carbocycles. The molecule has 0 bridgehead atoms. The van der Waals surface area contributed by atoms with E-state index in [0.717, 1.165) is 18.0 Å². The number of amides is 1. The lowest BCUT2D eigenvalue weighted by molar-refractivity contribution is 0.0787. The number of aliphatic hydroxyl groups is 1. The molecule has 0 aromatic heterocycles. The van der Waals surface area contributed by atoms with Gasteiger partial charge < -0.3 is 10.0 Å². The number of aryl methyl sites for hydroxylation is 1. The summed E-state index contributed by atoms with van der Waals surface area (Å²) in [4.78, 5) is 14.3. The second-order valence-corrected chi connectivity index (χ2v) is 5.67. The third-order valence-electron chi connectivity index (χ3n) is 3.84. The Kier molecular flexibility index (Phi) is 4.46. The van der Waals surface area contributed by atoms with Crippen LogP contribution < -0.4 is 0 Å². The number of benzene rings is 1. The van der Waals surface area contributed by atoms with Crippen molar-refractivity contribution in [1.29, 1.82) is 0 Å². The van der Waals surface area contributed by atoms with Gasteiger partial charge in [-0.1, -0.05) is 24.8 Å². The zero-order chi connectivity index (χ0) is 14.7. The second-order valence-electron chi connectivity index (χ2n) is 5.67. The maximum atomic E-state index is 12.5. The monoisotopic (exact) mass is 271 g/mol. The number of carbonyl (C=O) groups excluding carboxylic acids is 1. The highest BCUT2D eigenvalue weighted by atomic mass is 16.2. The van der Waals surface area contributed by atoms with Crippen LogP contribution >= 0.6 is 0 Å². The molecule has 1 aromatic carbocycles. The van der Waals surface area contributed by atoms with Crippen molar-refractivity contribution in [3.05, 3.63) is 34.9 Å². The molecule has 1 saturated carbocycles. The van der Waals surface area contributed by atoms with Crippen LogP contribution in [0.15, 0.2) is 18.2 Å². The van der Waals surface area contributed by atoms with E-state index in [-0.39, 0.29) is 12.5 Å². The molecule has 0 saturated heterocycles. The lowest BCUT2D eigenvalue weighted by Gasteiger charge is -2.18. The summed E-state index contributed by atoms with van der Waals surface area (Å²) >= 11 is 0. The lowest BCUT2D eigenvalue weighted by atomic mass is 10.0. The van der Waals surface area contributed by atoms with Gasteiger partial charge in [-0.15, -0.1) is 0 Å². The van der Waals surface area contributed by atoms with Gasteiger partial charge in [-0.3, -0.25) is 4.79 Å². The predicted octanol–water partition coefficient (Wildman–Crippen LogP) is 2.07. The summed E-state index contributed by atoms with van der Waals surface area (Å²) in [7, 11) is 1.84. The van der Waals surface area contributed by atoms with Gasteiger partial charge in [0, 0.05) is 19.2 Å². The first kappa shape index (κ1) is 14.6. The summed E-state index contributed by atoms with van der Waals surface area (Å²) in [6, 6.07) is 5.64. The van der Waals surface area contributed by atoms with E-state index in [1.54, 1.807) is 4.90 Å². The highest BCUT2D eigenvalue weighted by Gasteiger charge is 2.34. The molecule has 2 rings (SSSR count). The first-order valence-corrected chi connectivity index (χ1v) is 6.98. The predicted molar refractivity (Wildman–Crippen MR) is 79.4 cm³/mol. The number of rotatable bonds is 3. The fourth-order valence-corrected chi connectivity index (χ4v) is 2.38. The number of hydrogen-bond donors (Lipinski definition) is 1. The van der Waals surface area contributed by atoms with E-state index in [0.29, 0.717) is 17.0 Å². The lowest BCUT2D eigenvalue weighted by Crippen LogP contribution is -2.29. The van der Waals surface area contributed by atoms with E-state index in [4.69, 9.17) is 5.11 Å². The molecule has 0 heterocycles. The summed E-state index contributed by atoms with van der Waals surface area (Å²) in [6.07, 6.45) is 1.21. The largest absolute Gasteiger partial charge is 0.384 e. The molecular weight excluding hydrogens is 250 g/mol. The van der Waals surface area contributed by atoms with Gasteiger partial charge in [0.2, 0.25) is 0 Å². The second kappa shape index (κ2) is 6.11. The van der Waals surface area contributed by atoms with Crippen molar-refractivity contribution in [2.24, 2.45) is 11.8 Å². The van der Waals surface area contributed by atoms with Gasteiger partial charge in [0.15, 0.2) is 0 Å². The van der Waals surface area contributed by atoms with Gasteiger partial charge in [0.25, 0.3) is 5.91 Å². The fraction of sp³-hybridized carbons (Fsp3) is 0.471. The highest BCUT2D eigenvalue weighted by Crippen LogP contribution is 2.38. The number of hydrogen-bond acceptors (Lipinski definition) is 2. The van der Waals surface area contributed by atoms with Crippen molar-refractivity contribution in [3.8, 4) is 11.8 Å². The molecule has 0 spiro atoms. The van der Waals surface area contributed by atoms with E-state index in [1.807, 2.05) is 32.2 Å². The molecular formula is C17H21NO2. The molecule has 1 aromatic rings. The SMILES string of the molecule is Cc1ccc(C(=O)N(C)CC2CC2C)c(C#CCO)c1. The third kappa shape index (κ3) is 3.40. The molecule has 106 valence electrons. The highest BCUT2D eigenvalue weighted by molar-refractivity contribution is 5.96. The summed E-state index contributed by atoms with van der Waals surface area (Å²) < 4.78 is 0. The van der Waals surface area contributed by atoms with Crippen LogP contribution in [0.1, 0.15) is 34.8 Å². The Hall–Kier alpha value is -1.79. The van der Waals surface area contributed by atoms with Crippen molar-refractivity contribution in [3.63, 3.8) is 0 Å². The Morgan fingerprint density at radius 2 is 2.20 bits per heavy atom. The van der Waals surface area contributed by atoms with Crippen molar-refractivity contribution in [2.45, 2.75) is 20.3 Å². The van der Waals surface area contributed by atoms with Crippen LogP contribution in [0.4, 0.5) is 0 Å². The van der Waals surface area contributed by atoms with Gasteiger partial charge in [-0.2, -0.15) is 0 Å². The molecule has 1 aliphatic rings. The average molecular weight is 271 g/mol. The van der Waals surface area contributed by atoms with Gasteiger partial charge in [-0.05, 0) is 42.9 Å². The van der Waals surface area contributed by atoms with Crippen LogP contribution in [-0.2, 0) is 0 Å². The zero-order valence-electron chi connectivity index (χ0n) is 12.3. The molecule has 1 fully saturated rings. The quantitative estimate of drug-likeness (QED) is 0.855. The Balaban J connectivity index is 2.19. The first-order valence-electron chi connectivity index (χ1n) is 6.98. The molecule has 0 aliphatic heterocycles. The minimum Gasteiger partial charge on any atom is -0.384 e. The molecule has 1 amide bonds. The van der Waals surface area contributed by atoms with Crippen LogP contribution in [-0.4, -0.2) is 36.1 Å². The Morgan fingerprint density at radius 3 is 2.80 bits per heavy atom. The number of aliphatic hydroxyl groups excluding tert-OH is 1. The summed E-state index contributed by atoms with van der Waals surface area (Å²) in [5.74, 6) is 6.87. The summed E-state index contributed by atoms with van der Waals surface area (Å²) in [5.41, 5.74) is 2.37. The molecule has 1 N–H and O–H groups in total. The van der Waals surface area contributed by atoms with E-state index >= 15 is 0 Å². The van der Waals surface area contributed by atoms with Crippen molar-refractivity contribution in [2.75, 3.05) is 20.2 Å². The van der Waals surface area contributed by atoms with Gasteiger partial charge in [-0.25, -0.2) is 0 Å². The number of carbonyl (C=O) groups is 1. The standard InChI is InChI=1S/C17H21NO2/c1-12-6-7-16(14(9-12)5-4-8-19)17(20)18(3)11-15-10-13(15)2/h6-7,9,13,15,19H,8,10-11H2,1-3H3. The molecule has 2 unspecified atom stereocenters. The normalized spacial score (nSPS) is 20.0. The summed E-state index contributed by atoms with van der Waals surface area (Å²) in [5, 5.41) is 8.82. The van der Waals surface area contributed by atoms with E-state index in [1.165, 1.54) is 6.42 Å². The summed E-state index contributed by atoms with van der Waals surface area (Å²) in [6.45, 7) is 4.79. The number of nitrogens with zero attached hydrogens (tertiary/aromatic N) is 1. The van der Waals surface area contributed by atoms with Crippen molar-refractivity contribution >= 4 is 5.91 Å². The molecule has 2 atom stereocenters. The maximum Gasteiger partial charge on any atom is 0.254 e. The fourth-order valence-electron chi connectivity index (χ4n) is 2.38. The van der Waals surface area contributed by atoms with Crippen LogP contribution in [0.3, 0.4) is 0 Å². The van der Waals surface area contributed by atoms with E-state index < -0.39 is 0 Å². The van der Waals surface area contributed by atoms with Gasteiger partial charge in [0.1, 0.15) is 6.61 Å². The first-order chi connectivity index (χ1) is 9.52. The van der Waals surface area contributed by atoms with Crippen molar-refractivity contribution in [1.82, 2.24) is 4.90 Å². The Labute approximate surface area is 120 Å². The van der Waals surface area contributed by atoms with E-state index in [9.17, 15) is 4.79 Å². The van der Waals surface area contributed by atoms with Crippen LogP contribution in [0.5, 0.6) is 0 Å². The molecule has 3 heteroatoms. The average Bonchev–Trinajstić information content (AvgIpc) is 3.11. The Bertz CT molecular complexity index is 568. The molecule has 0 radical (unpaired) electrons. The van der Waals surface area contributed by atoms with Gasteiger partial charge in [0.05, 0.1) is 5.56 Å². The van der Waals surface area contributed by atoms with Crippen molar-refractivity contribution < 1.29 is 9.90 Å². The zero-order valence-corrected chi connectivity index (χ0v) is 12.3. The van der Waals surface area contributed by atoms with Crippen LogP contribution in [0.25, 0.3) is 0 Å². The Morgan fingerprint density at radius 1 is 1.50 bits per heavy atom.